The zero-order chi connectivity index (χ0) is 32.0. The molecule has 4 atom stereocenters. The number of anilines is 1. The van der Waals surface area contributed by atoms with Crippen LogP contribution in [0.5, 0.6) is 5.75 Å². The third-order valence-corrected chi connectivity index (χ3v) is 8.30. The highest BCUT2D eigenvalue weighted by atomic mass is 16.6. The highest BCUT2D eigenvalue weighted by Crippen LogP contribution is 2.56. The van der Waals surface area contributed by atoms with E-state index in [9.17, 15) is 29.1 Å². The zero-order valence-corrected chi connectivity index (χ0v) is 25.6. The minimum absolute atomic E-state index is 0.00123. The predicted octanol–water partition coefficient (Wildman–Crippen LogP) is 2.24. The van der Waals surface area contributed by atoms with E-state index in [1.54, 1.807) is 20.2 Å². The Balaban J connectivity index is 2.13. The van der Waals surface area contributed by atoms with E-state index in [4.69, 9.17) is 19.9 Å². The number of carbonyl (C=O) groups is 5. The molecule has 232 valence electrons. The average Bonchev–Trinajstić information content (AvgIpc) is 2.88. The molecule has 0 saturated carbocycles. The number of amides is 1. The normalized spacial score (nSPS) is 24.7. The van der Waals surface area contributed by atoms with Gasteiger partial charge in [-0.3, -0.25) is 28.9 Å². The molecule has 0 aliphatic heterocycles. The van der Waals surface area contributed by atoms with Crippen LogP contribution in [0.4, 0.5) is 5.69 Å². The maximum absolute atomic E-state index is 14.6. The fourth-order valence-corrected chi connectivity index (χ4v) is 6.71. The predicted molar refractivity (Wildman–Crippen MR) is 155 cm³/mol. The number of unbranched alkanes of at least 4 members (excludes halogenated alkanes) is 1. The molecule has 3 aliphatic carbocycles. The van der Waals surface area contributed by atoms with Crippen LogP contribution in [0.15, 0.2) is 34.8 Å². The van der Waals surface area contributed by atoms with Crippen molar-refractivity contribution < 1.29 is 43.3 Å². The number of fused-ring (bicyclic) bond motifs is 3. The summed E-state index contributed by atoms with van der Waals surface area (Å²) < 4.78 is 17.6. The van der Waals surface area contributed by atoms with E-state index in [-0.39, 0.29) is 17.6 Å². The number of allylic oxidation sites excluding steroid dienone is 1. The second-order valence-electron chi connectivity index (χ2n) is 11.6. The zero-order valence-electron chi connectivity index (χ0n) is 25.6. The van der Waals surface area contributed by atoms with Gasteiger partial charge in [0.05, 0.1) is 18.2 Å². The molecule has 1 aromatic rings. The van der Waals surface area contributed by atoms with E-state index in [1.165, 1.54) is 4.90 Å². The van der Waals surface area contributed by atoms with Crippen molar-refractivity contribution in [3.05, 3.63) is 45.9 Å². The summed E-state index contributed by atoms with van der Waals surface area (Å²) in [5.41, 5.74) is 4.20. The van der Waals surface area contributed by atoms with Gasteiger partial charge in [0.1, 0.15) is 11.3 Å². The number of aliphatic hydroxyl groups is 1. The number of esters is 2. The van der Waals surface area contributed by atoms with Gasteiger partial charge >= 0.3 is 11.9 Å². The van der Waals surface area contributed by atoms with Crippen molar-refractivity contribution in [1.29, 1.82) is 0 Å². The fraction of sp³-hybridized carbons (Fsp3) is 0.516. The van der Waals surface area contributed by atoms with Gasteiger partial charge in [0.15, 0.2) is 23.1 Å². The van der Waals surface area contributed by atoms with Gasteiger partial charge in [-0.15, -0.1) is 0 Å². The first-order valence-electron chi connectivity index (χ1n) is 14.3. The molecule has 1 amide bonds. The van der Waals surface area contributed by atoms with Gasteiger partial charge < -0.3 is 30.0 Å². The van der Waals surface area contributed by atoms with Gasteiger partial charge in [0.25, 0.3) is 5.91 Å². The third-order valence-electron chi connectivity index (χ3n) is 8.30. The first-order valence-corrected chi connectivity index (χ1v) is 14.3. The summed E-state index contributed by atoms with van der Waals surface area (Å²) in [6.45, 7) is 4.57. The van der Waals surface area contributed by atoms with Gasteiger partial charge in [0, 0.05) is 45.1 Å². The lowest BCUT2D eigenvalue weighted by atomic mass is 9.58. The molecule has 12 heteroatoms. The molecule has 0 bridgehead atoms. The molecular formula is C31H39N3O9. The molecule has 0 radical (unpaired) electrons. The lowest BCUT2D eigenvalue weighted by Gasteiger charge is -2.52. The quantitative estimate of drug-likeness (QED) is 0.244. The molecule has 1 aromatic carbocycles. The Labute approximate surface area is 250 Å². The Morgan fingerprint density at radius 2 is 1.77 bits per heavy atom. The van der Waals surface area contributed by atoms with Crippen molar-refractivity contribution in [2.45, 2.75) is 58.1 Å². The van der Waals surface area contributed by atoms with Crippen LogP contribution in [0.3, 0.4) is 0 Å². The van der Waals surface area contributed by atoms with E-state index in [0.717, 1.165) is 37.9 Å². The Morgan fingerprint density at radius 1 is 1.09 bits per heavy atom. The summed E-state index contributed by atoms with van der Waals surface area (Å²) in [6.07, 6.45) is 2.00. The molecular weight excluding hydrogens is 558 g/mol. The number of rotatable bonds is 9. The second kappa shape index (κ2) is 11.8. The maximum Gasteiger partial charge on any atom is 0.307 e. The SMILES string of the molecule is CCCCOc1ccc(N(C)C)c2c1C(=O)C1=C(OC(C)=O)C3(OC(C)=O)C(O)=C(C(N)=O)C(=O)C(N(C)C)C3CC1C2. The van der Waals surface area contributed by atoms with E-state index >= 15 is 0 Å². The van der Waals surface area contributed by atoms with Gasteiger partial charge in [-0.05, 0) is 57.0 Å². The maximum atomic E-state index is 14.6. The fourth-order valence-electron chi connectivity index (χ4n) is 6.71. The van der Waals surface area contributed by atoms with E-state index in [2.05, 4.69) is 0 Å². The van der Waals surface area contributed by atoms with Crippen LogP contribution in [0.25, 0.3) is 0 Å². The van der Waals surface area contributed by atoms with Crippen molar-refractivity contribution in [1.82, 2.24) is 4.90 Å². The number of hydrogen-bond acceptors (Lipinski definition) is 11. The summed E-state index contributed by atoms with van der Waals surface area (Å²) in [6, 6.07) is 2.46. The van der Waals surface area contributed by atoms with Crippen LogP contribution in [-0.4, -0.2) is 85.9 Å². The number of hydrogen-bond donors (Lipinski definition) is 2. The molecule has 4 unspecified atom stereocenters. The van der Waals surface area contributed by atoms with Crippen LogP contribution in [-0.2, 0) is 35.1 Å². The standard InChI is InChI=1S/C31H39N3O9/c1-8-9-12-41-21-11-10-20(33(4)5)18-13-17-14-19-25(34(6)7)27(38)24(30(32)40)28(39)31(19,43-16(3)36)29(42-15(2)35)22(17)26(37)23(18)21/h10-11,17,19,25,39H,8-9,12-14H2,1-7H3,(H2,32,40). The number of nitrogens with zero attached hydrogens (tertiary/aromatic N) is 2. The third kappa shape index (κ3) is 5.17. The van der Waals surface area contributed by atoms with Gasteiger partial charge in [-0.1, -0.05) is 13.3 Å². The molecule has 4 rings (SSSR count). The Morgan fingerprint density at radius 3 is 2.30 bits per heavy atom. The molecule has 0 spiro atoms. The number of Topliss-reactive ketones (excluding diaryl/α,β-unsaturated/α-hetero) is 2. The molecule has 0 saturated heterocycles. The molecule has 43 heavy (non-hydrogen) atoms. The molecule has 0 aromatic heterocycles. The second-order valence-corrected chi connectivity index (χ2v) is 11.6. The summed E-state index contributed by atoms with van der Waals surface area (Å²) in [7, 11) is 6.91. The summed E-state index contributed by atoms with van der Waals surface area (Å²) in [5.74, 6) is -7.03. The van der Waals surface area contributed by atoms with E-state index < -0.39 is 70.0 Å². The van der Waals surface area contributed by atoms with Crippen molar-refractivity contribution >= 4 is 35.1 Å². The van der Waals surface area contributed by atoms with Crippen LogP contribution >= 0.6 is 0 Å². The molecule has 0 heterocycles. The van der Waals surface area contributed by atoms with Crippen molar-refractivity contribution in [3.63, 3.8) is 0 Å². The van der Waals surface area contributed by atoms with Gasteiger partial charge in [-0.25, -0.2) is 0 Å². The minimum Gasteiger partial charge on any atom is -0.507 e. The lowest BCUT2D eigenvalue weighted by Crippen LogP contribution is -2.64. The van der Waals surface area contributed by atoms with E-state index in [0.29, 0.717) is 18.8 Å². The average molecular weight is 598 g/mol. The Bertz CT molecular complexity index is 1460. The van der Waals surface area contributed by atoms with Gasteiger partial charge in [0.2, 0.25) is 5.60 Å². The van der Waals surface area contributed by atoms with Gasteiger partial charge in [-0.2, -0.15) is 0 Å². The van der Waals surface area contributed by atoms with Crippen LogP contribution < -0.4 is 15.4 Å². The number of likely N-dealkylation sites (N-methyl/N-ethyl adjacent to an activating group) is 1. The number of benzene rings is 1. The first kappa shape index (κ1) is 31.7. The molecule has 3 aliphatic rings. The number of aliphatic hydroxyl groups excluding tert-OH is 1. The highest BCUT2D eigenvalue weighted by Gasteiger charge is 2.66. The topological polar surface area (TPSA) is 166 Å². The Kier molecular flexibility index (Phi) is 8.73. The molecule has 3 N–H and O–H groups in total. The number of primary amides is 1. The number of ketones is 2. The van der Waals surface area contributed by atoms with Crippen molar-refractivity contribution in [2.75, 3.05) is 39.7 Å². The highest BCUT2D eigenvalue weighted by molar-refractivity contribution is 6.22. The number of nitrogens with two attached hydrogens (primary N) is 1. The number of carbonyl (C=O) groups excluding carboxylic acids is 5. The first-order chi connectivity index (χ1) is 20.2. The summed E-state index contributed by atoms with van der Waals surface area (Å²) in [5, 5.41) is 11.7. The smallest absolute Gasteiger partial charge is 0.307 e. The summed E-state index contributed by atoms with van der Waals surface area (Å²) >= 11 is 0. The van der Waals surface area contributed by atoms with Crippen LogP contribution in [0, 0.1) is 11.8 Å². The van der Waals surface area contributed by atoms with E-state index in [1.807, 2.05) is 32.0 Å². The van der Waals surface area contributed by atoms with Crippen molar-refractivity contribution in [2.24, 2.45) is 17.6 Å². The molecule has 12 nitrogen and oxygen atoms in total. The Hall–Kier alpha value is -4.19. The lowest BCUT2D eigenvalue weighted by molar-refractivity contribution is -0.176. The minimum atomic E-state index is -2.36. The summed E-state index contributed by atoms with van der Waals surface area (Å²) in [4.78, 5) is 69.6. The van der Waals surface area contributed by atoms with Crippen LogP contribution in [0.1, 0.15) is 56.0 Å². The van der Waals surface area contributed by atoms with Crippen molar-refractivity contribution in [3.8, 4) is 5.75 Å². The van der Waals surface area contributed by atoms with Crippen LogP contribution in [0.2, 0.25) is 0 Å². The number of ether oxygens (including phenoxy) is 3. The largest absolute Gasteiger partial charge is 0.507 e. The monoisotopic (exact) mass is 597 g/mol. The molecule has 0 fully saturated rings.